The van der Waals surface area contributed by atoms with Crippen LogP contribution in [-0.4, -0.2) is 6.54 Å². The van der Waals surface area contributed by atoms with Gasteiger partial charge in [0, 0.05) is 17.7 Å². The SMILES string of the molecule is Nc1cc(F)c([C@H]2CCCN2)cc1F. The molecule has 4 heteroatoms. The molecular formula is C10H12F2N2. The average molecular weight is 198 g/mol. The normalized spacial score (nSPS) is 21.4. The molecule has 0 spiro atoms. The van der Waals surface area contributed by atoms with Gasteiger partial charge >= 0.3 is 0 Å². The van der Waals surface area contributed by atoms with Crippen LogP contribution in [0.15, 0.2) is 12.1 Å². The van der Waals surface area contributed by atoms with E-state index >= 15 is 0 Å². The van der Waals surface area contributed by atoms with E-state index in [1.165, 1.54) is 6.07 Å². The second-order valence-electron chi connectivity index (χ2n) is 3.54. The molecule has 1 aromatic carbocycles. The molecule has 0 aromatic heterocycles. The fourth-order valence-electron chi connectivity index (χ4n) is 1.79. The van der Waals surface area contributed by atoms with E-state index in [0.717, 1.165) is 25.5 Å². The highest BCUT2D eigenvalue weighted by Gasteiger charge is 2.20. The fraction of sp³-hybridized carbons (Fsp3) is 0.400. The molecule has 1 aliphatic heterocycles. The Hall–Kier alpha value is -1.16. The van der Waals surface area contributed by atoms with Crippen molar-refractivity contribution in [3.63, 3.8) is 0 Å². The summed E-state index contributed by atoms with van der Waals surface area (Å²) in [6.07, 6.45) is 1.84. The van der Waals surface area contributed by atoms with E-state index < -0.39 is 11.6 Å². The quantitative estimate of drug-likeness (QED) is 0.677. The third-order valence-corrected chi connectivity index (χ3v) is 2.55. The molecule has 1 aliphatic rings. The van der Waals surface area contributed by atoms with Gasteiger partial charge in [-0.1, -0.05) is 0 Å². The van der Waals surface area contributed by atoms with E-state index in [0.29, 0.717) is 5.56 Å². The number of hydrogen-bond donors (Lipinski definition) is 2. The summed E-state index contributed by atoms with van der Waals surface area (Å²) in [5, 5.41) is 3.11. The Balaban J connectivity index is 2.37. The number of rotatable bonds is 1. The van der Waals surface area contributed by atoms with Gasteiger partial charge in [0.25, 0.3) is 0 Å². The number of anilines is 1. The Bertz CT molecular complexity index is 346. The highest BCUT2D eigenvalue weighted by molar-refractivity contribution is 5.43. The first-order valence-electron chi connectivity index (χ1n) is 4.66. The molecule has 1 fully saturated rings. The van der Waals surface area contributed by atoms with Gasteiger partial charge in [-0.05, 0) is 25.5 Å². The lowest BCUT2D eigenvalue weighted by Crippen LogP contribution is -2.15. The Morgan fingerprint density at radius 1 is 1.29 bits per heavy atom. The summed E-state index contributed by atoms with van der Waals surface area (Å²) < 4.78 is 26.5. The van der Waals surface area contributed by atoms with Crippen LogP contribution in [0.25, 0.3) is 0 Å². The zero-order valence-electron chi connectivity index (χ0n) is 7.69. The Morgan fingerprint density at radius 2 is 2.07 bits per heavy atom. The molecule has 0 aliphatic carbocycles. The highest BCUT2D eigenvalue weighted by Crippen LogP contribution is 2.27. The highest BCUT2D eigenvalue weighted by atomic mass is 19.1. The van der Waals surface area contributed by atoms with Gasteiger partial charge in [-0.3, -0.25) is 0 Å². The fourth-order valence-corrected chi connectivity index (χ4v) is 1.79. The number of nitrogens with one attached hydrogen (secondary N) is 1. The van der Waals surface area contributed by atoms with E-state index in [1.807, 2.05) is 0 Å². The topological polar surface area (TPSA) is 38.0 Å². The molecular weight excluding hydrogens is 186 g/mol. The number of hydrogen-bond acceptors (Lipinski definition) is 2. The van der Waals surface area contributed by atoms with E-state index in [4.69, 9.17) is 5.73 Å². The van der Waals surface area contributed by atoms with Gasteiger partial charge in [0.05, 0.1) is 5.69 Å². The van der Waals surface area contributed by atoms with E-state index in [2.05, 4.69) is 5.32 Å². The molecule has 1 atom stereocenters. The first-order valence-corrected chi connectivity index (χ1v) is 4.66. The molecule has 0 saturated carbocycles. The lowest BCUT2D eigenvalue weighted by molar-refractivity contribution is 0.545. The van der Waals surface area contributed by atoms with Crippen LogP contribution in [0, 0.1) is 11.6 Å². The van der Waals surface area contributed by atoms with Crippen molar-refractivity contribution in [1.82, 2.24) is 5.32 Å². The summed E-state index contributed by atoms with van der Waals surface area (Å²) in [7, 11) is 0. The van der Waals surface area contributed by atoms with E-state index in [9.17, 15) is 8.78 Å². The molecule has 1 saturated heterocycles. The molecule has 1 heterocycles. The van der Waals surface area contributed by atoms with Gasteiger partial charge in [0.1, 0.15) is 11.6 Å². The van der Waals surface area contributed by atoms with Crippen molar-refractivity contribution >= 4 is 5.69 Å². The van der Waals surface area contributed by atoms with Crippen LogP contribution in [-0.2, 0) is 0 Å². The number of halogens is 2. The standard InChI is InChI=1S/C10H12F2N2/c11-7-5-9(13)8(12)4-6(7)10-2-1-3-14-10/h4-5,10,14H,1-3,13H2/t10-/m1/s1. The van der Waals surface area contributed by atoms with Gasteiger partial charge in [0.15, 0.2) is 0 Å². The zero-order valence-corrected chi connectivity index (χ0v) is 7.69. The molecule has 1 aromatic rings. The third kappa shape index (κ3) is 1.57. The van der Waals surface area contributed by atoms with Gasteiger partial charge < -0.3 is 11.1 Å². The first kappa shape index (κ1) is 9.40. The van der Waals surface area contributed by atoms with Crippen LogP contribution in [0.3, 0.4) is 0 Å². The Kier molecular flexibility index (Phi) is 2.37. The maximum Gasteiger partial charge on any atom is 0.146 e. The second-order valence-corrected chi connectivity index (χ2v) is 3.54. The van der Waals surface area contributed by atoms with Crippen molar-refractivity contribution in [1.29, 1.82) is 0 Å². The smallest absolute Gasteiger partial charge is 0.146 e. The van der Waals surface area contributed by atoms with Crippen LogP contribution >= 0.6 is 0 Å². The Labute approximate surface area is 81.1 Å². The van der Waals surface area contributed by atoms with Crippen molar-refractivity contribution in [2.45, 2.75) is 18.9 Å². The number of benzene rings is 1. The van der Waals surface area contributed by atoms with E-state index in [-0.39, 0.29) is 11.7 Å². The zero-order chi connectivity index (χ0) is 10.1. The molecule has 3 N–H and O–H groups in total. The average Bonchev–Trinajstić information content (AvgIpc) is 2.64. The van der Waals surface area contributed by atoms with Crippen molar-refractivity contribution in [2.75, 3.05) is 12.3 Å². The monoisotopic (exact) mass is 198 g/mol. The molecule has 14 heavy (non-hydrogen) atoms. The van der Waals surface area contributed by atoms with Crippen molar-refractivity contribution in [3.05, 3.63) is 29.3 Å². The van der Waals surface area contributed by atoms with Crippen LogP contribution in [0.4, 0.5) is 14.5 Å². The third-order valence-electron chi connectivity index (χ3n) is 2.55. The lowest BCUT2D eigenvalue weighted by Gasteiger charge is -2.12. The predicted molar refractivity (Wildman–Crippen MR) is 50.7 cm³/mol. The predicted octanol–water partition coefficient (Wildman–Crippen LogP) is 1.97. The summed E-state index contributed by atoms with van der Waals surface area (Å²) in [6.45, 7) is 0.857. The maximum atomic E-state index is 13.4. The van der Waals surface area contributed by atoms with Crippen molar-refractivity contribution in [3.8, 4) is 0 Å². The van der Waals surface area contributed by atoms with Gasteiger partial charge in [-0.25, -0.2) is 8.78 Å². The van der Waals surface area contributed by atoms with Crippen molar-refractivity contribution in [2.24, 2.45) is 0 Å². The molecule has 2 rings (SSSR count). The lowest BCUT2D eigenvalue weighted by atomic mass is 10.0. The Morgan fingerprint density at radius 3 is 2.71 bits per heavy atom. The minimum Gasteiger partial charge on any atom is -0.396 e. The molecule has 0 radical (unpaired) electrons. The van der Waals surface area contributed by atoms with Gasteiger partial charge in [-0.15, -0.1) is 0 Å². The van der Waals surface area contributed by atoms with Gasteiger partial charge in [0.2, 0.25) is 0 Å². The van der Waals surface area contributed by atoms with E-state index in [1.54, 1.807) is 0 Å². The van der Waals surface area contributed by atoms with Crippen LogP contribution in [0.5, 0.6) is 0 Å². The molecule has 0 bridgehead atoms. The minimum atomic E-state index is -0.546. The number of nitrogens with two attached hydrogens (primary N) is 1. The van der Waals surface area contributed by atoms with Gasteiger partial charge in [-0.2, -0.15) is 0 Å². The summed E-state index contributed by atoms with van der Waals surface area (Å²) in [6, 6.07) is 2.17. The summed E-state index contributed by atoms with van der Waals surface area (Å²) in [4.78, 5) is 0. The van der Waals surface area contributed by atoms with Crippen LogP contribution < -0.4 is 11.1 Å². The number of nitrogen functional groups attached to an aromatic ring is 1. The molecule has 0 amide bonds. The maximum absolute atomic E-state index is 13.4. The second kappa shape index (κ2) is 3.53. The van der Waals surface area contributed by atoms with Crippen molar-refractivity contribution < 1.29 is 8.78 Å². The van der Waals surface area contributed by atoms with Crippen LogP contribution in [0.2, 0.25) is 0 Å². The summed E-state index contributed by atoms with van der Waals surface area (Å²) in [5.41, 5.74) is 5.50. The largest absolute Gasteiger partial charge is 0.396 e. The summed E-state index contributed by atoms with van der Waals surface area (Å²) in [5.74, 6) is -0.974. The molecule has 2 nitrogen and oxygen atoms in total. The summed E-state index contributed by atoms with van der Waals surface area (Å²) >= 11 is 0. The minimum absolute atomic E-state index is 0.0647. The first-order chi connectivity index (χ1) is 6.68. The van der Waals surface area contributed by atoms with Crippen LogP contribution in [0.1, 0.15) is 24.4 Å². The molecule has 0 unspecified atom stereocenters. The molecule has 76 valence electrons.